The molecule has 5 rings (SSSR count). The van der Waals surface area contributed by atoms with E-state index in [9.17, 15) is 9.59 Å². The Morgan fingerprint density at radius 1 is 1.21 bits per heavy atom. The number of aryl methyl sites for hydroxylation is 2. The molecule has 0 bridgehead atoms. The number of carbonyl (C=O) groups is 1. The Labute approximate surface area is 191 Å². The molecule has 1 aliphatic rings. The van der Waals surface area contributed by atoms with Crippen LogP contribution in [-0.2, 0) is 4.79 Å². The number of aromatic amines is 1. The molecule has 9 nitrogen and oxygen atoms in total. The summed E-state index contributed by atoms with van der Waals surface area (Å²) in [5, 5.41) is 4.28. The summed E-state index contributed by atoms with van der Waals surface area (Å²) in [6, 6.07) is 6.18. The second-order valence-electron chi connectivity index (χ2n) is 9.30. The first kappa shape index (κ1) is 21.4. The number of H-pyrrole nitrogens is 1. The average Bonchev–Trinajstić information content (AvgIpc) is 3.36. The molecule has 0 radical (unpaired) electrons. The fraction of sp³-hybridized carbons (Fsp3) is 0.417. The summed E-state index contributed by atoms with van der Waals surface area (Å²) in [5.74, 6) is 0.106. The summed E-state index contributed by atoms with van der Waals surface area (Å²) in [6.45, 7) is 5.76. The maximum Gasteiger partial charge on any atom is 0.326 e. The molecule has 4 heterocycles. The molecule has 1 saturated heterocycles. The predicted molar refractivity (Wildman–Crippen MR) is 127 cm³/mol. The highest BCUT2D eigenvalue weighted by atomic mass is 16.2. The van der Waals surface area contributed by atoms with Crippen LogP contribution in [-0.4, -0.2) is 73.6 Å². The lowest BCUT2D eigenvalue weighted by Crippen LogP contribution is -2.45. The highest BCUT2D eigenvalue weighted by Gasteiger charge is 2.27. The van der Waals surface area contributed by atoms with E-state index in [2.05, 4.69) is 34.1 Å². The topological polar surface area (TPSA) is 91.5 Å². The molecule has 1 amide bonds. The summed E-state index contributed by atoms with van der Waals surface area (Å²) >= 11 is 0. The fourth-order valence-corrected chi connectivity index (χ4v) is 4.95. The molecule has 4 aromatic rings. The summed E-state index contributed by atoms with van der Waals surface area (Å²) in [6.07, 6.45) is 5.28. The van der Waals surface area contributed by atoms with Gasteiger partial charge in [-0.25, -0.2) is 14.3 Å². The molecule has 0 spiro atoms. The Hall–Kier alpha value is -3.46. The standard InChI is InChI=1S/C24H29N7O2/c1-15-9-21-20(10-19(15)17-8-16(2)23-25-14-26-30(23)11-17)27-24(33)31(21)18-6-5-7-29(12-18)22(32)13-28(3)4/h8-11,14,18H,5-7,12-13H2,1-4H3,(H,27,33)/t18-/m1/s1. The van der Waals surface area contributed by atoms with Gasteiger partial charge in [0, 0.05) is 24.8 Å². The van der Waals surface area contributed by atoms with E-state index < -0.39 is 0 Å². The number of hydrogen-bond donors (Lipinski definition) is 1. The van der Waals surface area contributed by atoms with Crippen LogP contribution >= 0.6 is 0 Å². The Morgan fingerprint density at radius 3 is 2.82 bits per heavy atom. The van der Waals surface area contributed by atoms with Gasteiger partial charge in [-0.1, -0.05) is 0 Å². The quantitative estimate of drug-likeness (QED) is 0.519. The van der Waals surface area contributed by atoms with E-state index in [-0.39, 0.29) is 17.6 Å². The molecule has 3 aromatic heterocycles. The molecule has 1 atom stereocenters. The van der Waals surface area contributed by atoms with Crippen molar-refractivity contribution in [3.05, 3.63) is 52.3 Å². The molecule has 172 valence electrons. The van der Waals surface area contributed by atoms with Crippen LogP contribution in [0, 0.1) is 13.8 Å². The van der Waals surface area contributed by atoms with Crippen LogP contribution in [0.3, 0.4) is 0 Å². The van der Waals surface area contributed by atoms with Gasteiger partial charge < -0.3 is 14.8 Å². The van der Waals surface area contributed by atoms with E-state index in [1.54, 1.807) is 10.8 Å². The Bertz CT molecular complexity index is 1410. The zero-order valence-electron chi connectivity index (χ0n) is 19.5. The normalized spacial score (nSPS) is 16.9. The number of amides is 1. The first-order valence-corrected chi connectivity index (χ1v) is 11.3. The summed E-state index contributed by atoms with van der Waals surface area (Å²) in [4.78, 5) is 36.7. The van der Waals surface area contributed by atoms with E-state index in [0.717, 1.165) is 58.3 Å². The van der Waals surface area contributed by atoms with Crippen molar-refractivity contribution < 1.29 is 4.79 Å². The van der Waals surface area contributed by atoms with Gasteiger partial charge in [-0.2, -0.15) is 5.10 Å². The Kier molecular flexibility index (Phi) is 5.28. The number of fused-ring (bicyclic) bond motifs is 2. The second-order valence-corrected chi connectivity index (χ2v) is 9.30. The number of aromatic nitrogens is 5. The lowest BCUT2D eigenvalue weighted by Gasteiger charge is -2.34. The molecule has 33 heavy (non-hydrogen) atoms. The second kappa shape index (κ2) is 8.15. The lowest BCUT2D eigenvalue weighted by atomic mass is 9.99. The average molecular weight is 448 g/mol. The SMILES string of the molecule is Cc1cc2c(cc1-c1cc(C)c3ncnn3c1)[nH]c(=O)n2[C@@H]1CCCN(C(=O)CN(C)C)C1. The molecule has 0 unspecified atom stereocenters. The first-order chi connectivity index (χ1) is 15.8. The zero-order valence-corrected chi connectivity index (χ0v) is 19.5. The third-order valence-electron chi connectivity index (χ3n) is 6.50. The third kappa shape index (κ3) is 3.82. The molecular formula is C24H29N7O2. The summed E-state index contributed by atoms with van der Waals surface area (Å²) in [5.41, 5.74) is 6.57. The van der Waals surface area contributed by atoms with Crippen molar-refractivity contribution in [1.82, 2.24) is 33.9 Å². The molecule has 0 saturated carbocycles. The van der Waals surface area contributed by atoms with Crippen molar-refractivity contribution in [3.63, 3.8) is 0 Å². The highest BCUT2D eigenvalue weighted by molar-refractivity contribution is 5.85. The van der Waals surface area contributed by atoms with Gasteiger partial charge in [0.15, 0.2) is 5.65 Å². The monoisotopic (exact) mass is 447 g/mol. The molecule has 1 aromatic carbocycles. The van der Waals surface area contributed by atoms with Crippen molar-refractivity contribution in [2.24, 2.45) is 0 Å². The first-order valence-electron chi connectivity index (χ1n) is 11.3. The van der Waals surface area contributed by atoms with Gasteiger partial charge in [-0.05, 0) is 75.7 Å². The number of hydrogen-bond acceptors (Lipinski definition) is 5. The van der Waals surface area contributed by atoms with Gasteiger partial charge in [0.1, 0.15) is 6.33 Å². The number of nitrogens with one attached hydrogen (secondary N) is 1. The van der Waals surface area contributed by atoms with E-state index in [1.807, 2.05) is 47.6 Å². The van der Waals surface area contributed by atoms with Crippen LogP contribution in [0.2, 0.25) is 0 Å². The largest absolute Gasteiger partial charge is 0.340 e. The predicted octanol–water partition coefficient (Wildman–Crippen LogP) is 2.38. The maximum absolute atomic E-state index is 13.0. The van der Waals surface area contributed by atoms with Crippen molar-refractivity contribution in [2.45, 2.75) is 32.7 Å². The van der Waals surface area contributed by atoms with Crippen LogP contribution in [0.5, 0.6) is 0 Å². The van der Waals surface area contributed by atoms with E-state index >= 15 is 0 Å². The minimum atomic E-state index is -0.128. The van der Waals surface area contributed by atoms with Gasteiger partial charge in [-0.15, -0.1) is 0 Å². The van der Waals surface area contributed by atoms with Crippen molar-refractivity contribution >= 4 is 22.6 Å². The number of benzene rings is 1. The number of pyridine rings is 1. The number of piperidine rings is 1. The minimum absolute atomic E-state index is 0.0369. The zero-order chi connectivity index (χ0) is 23.3. The molecule has 1 aliphatic heterocycles. The van der Waals surface area contributed by atoms with E-state index in [4.69, 9.17) is 0 Å². The number of carbonyl (C=O) groups excluding carboxylic acids is 1. The van der Waals surface area contributed by atoms with Crippen molar-refractivity contribution in [1.29, 1.82) is 0 Å². The fourth-order valence-electron chi connectivity index (χ4n) is 4.95. The Morgan fingerprint density at radius 2 is 2.03 bits per heavy atom. The van der Waals surface area contributed by atoms with Gasteiger partial charge in [0.05, 0.1) is 23.6 Å². The summed E-state index contributed by atoms with van der Waals surface area (Å²) < 4.78 is 3.62. The molecule has 0 aliphatic carbocycles. The van der Waals surface area contributed by atoms with Crippen LogP contribution in [0.25, 0.3) is 27.8 Å². The maximum atomic E-state index is 13.0. The number of nitrogens with zero attached hydrogens (tertiary/aromatic N) is 6. The van der Waals surface area contributed by atoms with Crippen molar-refractivity contribution in [2.75, 3.05) is 33.7 Å². The Balaban J connectivity index is 1.53. The number of imidazole rings is 1. The van der Waals surface area contributed by atoms with Crippen LogP contribution in [0.4, 0.5) is 0 Å². The highest BCUT2D eigenvalue weighted by Crippen LogP contribution is 2.31. The number of likely N-dealkylation sites (N-methyl/N-ethyl adjacent to an activating group) is 1. The molecular weight excluding hydrogens is 418 g/mol. The van der Waals surface area contributed by atoms with Gasteiger partial charge in [0.25, 0.3) is 0 Å². The number of likely N-dealkylation sites (tertiary alicyclic amines) is 1. The minimum Gasteiger partial charge on any atom is -0.340 e. The van der Waals surface area contributed by atoms with E-state index in [1.165, 1.54) is 0 Å². The van der Waals surface area contributed by atoms with Crippen LogP contribution in [0.15, 0.2) is 35.5 Å². The molecule has 1 N–H and O–H groups in total. The molecule has 9 heteroatoms. The van der Waals surface area contributed by atoms with Gasteiger partial charge in [-0.3, -0.25) is 9.36 Å². The summed E-state index contributed by atoms with van der Waals surface area (Å²) in [7, 11) is 3.79. The molecule has 1 fully saturated rings. The van der Waals surface area contributed by atoms with Crippen LogP contribution < -0.4 is 5.69 Å². The third-order valence-corrected chi connectivity index (χ3v) is 6.50. The van der Waals surface area contributed by atoms with Gasteiger partial charge >= 0.3 is 5.69 Å². The van der Waals surface area contributed by atoms with Gasteiger partial charge in [0.2, 0.25) is 5.91 Å². The van der Waals surface area contributed by atoms with E-state index in [0.29, 0.717) is 13.1 Å². The smallest absolute Gasteiger partial charge is 0.326 e. The van der Waals surface area contributed by atoms with Crippen LogP contribution in [0.1, 0.15) is 30.0 Å². The lowest BCUT2D eigenvalue weighted by molar-refractivity contribution is -0.133. The number of rotatable bonds is 4. The van der Waals surface area contributed by atoms with Crippen molar-refractivity contribution in [3.8, 4) is 11.1 Å².